The van der Waals surface area contributed by atoms with Crippen LogP contribution < -0.4 is 5.43 Å². The fourth-order valence-corrected chi connectivity index (χ4v) is 1.53. The van der Waals surface area contributed by atoms with Crippen LogP contribution in [0.4, 0.5) is 0 Å². The molecular weight excluding hydrogens is 284 g/mol. The number of hydrogen-bond acceptors (Lipinski definition) is 3. The van der Waals surface area contributed by atoms with Gasteiger partial charge in [0, 0.05) is 5.56 Å². The first kappa shape index (κ1) is 11.6. The van der Waals surface area contributed by atoms with Gasteiger partial charge in [-0.1, -0.05) is 18.2 Å². The van der Waals surface area contributed by atoms with Crippen molar-refractivity contribution in [2.75, 3.05) is 0 Å². The lowest BCUT2D eigenvalue weighted by molar-refractivity contribution is 0.0955. The van der Waals surface area contributed by atoms with Gasteiger partial charge in [-0.05, 0) is 40.2 Å². The Balaban J connectivity index is 1.95. The largest absolute Gasteiger partial charge is 0.448 e. The first-order valence-electron chi connectivity index (χ1n) is 4.89. The van der Waals surface area contributed by atoms with E-state index in [1.807, 2.05) is 6.07 Å². The summed E-state index contributed by atoms with van der Waals surface area (Å²) in [7, 11) is 0. The molecule has 1 aromatic carbocycles. The number of benzene rings is 1. The number of hydrazone groups is 1. The number of nitrogens with one attached hydrogen (secondary N) is 1. The lowest BCUT2D eigenvalue weighted by Gasteiger charge is -1.97. The third-order valence-electron chi connectivity index (χ3n) is 1.99. The van der Waals surface area contributed by atoms with E-state index in [1.165, 1.54) is 6.21 Å². The molecule has 0 radical (unpaired) electrons. The number of carbonyl (C=O) groups excluding carboxylic acids is 1. The van der Waals surface area contributed by atoms with Crippen molar-refractivity contribution in [2.24, 2.45) is 5.10 Å². The number of rotatable bonds is 3. The summed E-state index contributed by atoms with van der Waals surface area (Å²) in [4.78, 5) is 11.6. The lowest BCUT2D eigenvalue weighted by atomic mass is 10.2. The Morgan fingerprint density at radius 2 is 2.00 bits per heavy atom. The van der Waals surface area contributed by atoms with Crippen LogP contribution in [0.15, 0.2) is 56.7 Å². The van der Waals surface area contributed by atoms with Gasteiger partial charge in [0.05, 0.1) is 6.21 Å². The quantitative estimate of drug-likeness (QED) is 0.699. The molecule has 1 heterocycles. The highest BCUT2D eigenvalue weighted by atomic mass is 79.9. The first-order valence-corrected chi connectivity index (χ1v) is 5.69. The molecule has 2 aromatic rings. The van der Waals surface area contributed by atoms with Crippen LogP contribution in [-0.2, 0) is 0 Å². The van der Waals surface area contributed by atoms with Crippen LogP contribution in [0.2, 0.25) is 0 Å². The maximum Gasteiger partial charge on any atom is 0.271 e. The van der Waals surface area contributed by atoms with Crippen LogP contribution >= 0.6 is 15.9 Å². The summed E-state index contributed by atoms with van der Waals surface area (Å²) in [5.74, 6) is 0.303. The highest BCUT2D eigenvalue weighted by Crippen LogP contribution is 2.11. The van der Waals surface area contributed by atoms with Crippen molar-refractivity contribution in [1.82, 2.24) is 5.43 Å². The minimum atomic E-state index is -0.257. The van der Waals surface area contributed by atoms with Crippen molar-refractivity contribution >= 4 is 28.1 Å². The summed E-state index contributed by atoms with van der Waals surface area (Å²) < 4.78 is 5.81. The Labute approximate surface area is 106 Å². The number of hydrogen-bond donors (Lipinski definition) is 1. The minimum absolute atomic E-state index is 0.257. The van der Waals surface area contributed by atoms with Crippen LogP contribution in [0.1, 0.15) is 16.1 Å². The predicted octanol–water partition coefficient (Wildman–Crippen LogP) is 2.81. The molecular formula is C12H9BrN2O2. The minimum Gasteiger partial charge on any atom is -0.448 e. The summed E-state index contributed by atoms with van der Waals surface area (Å²) in [6.45, 7) is 0. The van der Waals surface area contributed by atoms with Gasteiger partial charge < -0.3 is 4.42 Å². The molecule has 0 aliphatic heterocycles. The summed E-state index contributed by atoms with van der Waals surface area (Å²) in [5, 5.41) is 3.79. The molecule has 17 heavy (non-hydrogen) atoms. The normalized spacial score (nSPS) is 10.6. The summed E-state index contributed by atoms with van der Waals surface area (Å²) in [5.41, 5.74) is 2.97. The summed E-state index contributed by atoms with van der Waals surface area (Å²) in [6.07, 6.45) is 1.44. The van der Waals surface area contributed by atoms with E-state index in [-0.39, 0.29) is 5.91 Å². The summed E-state index contributed by atoms with van der Waals surface area (Å²) >= 11 is 3.17. The zero-order valence-electron chi connectivity index (χ0n) is 8.76. The molecule has 5 heteroatoms. The highest BCUT2D eigenvalue weighted by Gasteiger charge is 2.01. The van der Waals surface area contributed by atoms with Gasteiger partial charge in [-0.25, -0.2) is 5.43 Å². The molecule has 0 aliphatic carbocycles. The molecule has 0 saturated heterocycles. The lowest BCUT2D eigenvalue weighted by Crippen LogP contribution is -2.17. The van der Waals surface area contributed by atoms with Crippen LogP contribution in [0.3, 0.4) is 0 Å². The van der Waals surface area contributed by atoms with Crippen molar-refractivity contribution in [3.05, 3.63) is 58.5 Å². The zero-order valence-corrected chi connectivity index (χ0v) is 10.3. The van der Waals surface area contributed by atoms with Crippen molar-refractivity contribution in [1.29, 1.82) is 0 Å². The smallest absolute Gasteiger partial charge is 0.271 e. The van der Waals surface area contributed by atoms with Crippen LogP contribution in [0.5, 0.6) is 0 Å². The summed E-state index contributed by atoms with van der Waals surface area (Å²) in [6, 6.07) is 12.4. The van der Waals surface area contributed by atoms with Gasteiger partial charge in [0.2, 0.25) is 0 Å². The number of nitrogens with zero attached hydrogens (tertiary/aromatic N) is 1. The SMILES string of the molecule is O=C(N/N=C\c1ccc(Br)o1)c1ccccc1. The van der Waals surface area contributed by atoms with Gasteiger partial charge in [0.25, 0.3) is 5.91 Å². The Kier molecular flexibility index (Phi) is 3.72. The second kappa shape index (κ2) is 5.45. The maximum absolute atomic E-state index is 11.6. The Morgan fingerprint density at radius 3 is 2.65 bits per heavy atom. The molecule has 1 aromatic heterocycles. The topological polar surface area (TPSA) is 54.6 Å². The molecule has 0 aliphatic rings. The van der Waals surface area contributed by atoms with Crippen LogP contribution in [0, 0.1) is 0 Å². The first-order chi connectivity index (χ1) is 8.25. The standard InChI is InChI=1S/C12H9BrN2O2/c13-11-7-6-10(17-11)8-14-15-12(16)9-4-2-1-3-5-9/h1-8H,(H,15,16)/b14-8-. The number of carbonyl (C=O) groups is 1. The van der Waals surface area contributed by atoms with Gasteiger partial charge in [0.15, 0.2) is 4.67 Å². The van der Waals surface area contributed by atoms with Crippen LogP contribution in [-0.4, -0.2) is 12.1 Å². The average molecular weight is 293 g/mol. The van der Waals surface area contributed by atoms with E-state index in [4.69, 9.17) is 4.42 Å². The molecule has 0 atom stereocenters. The maximum atomic E-state index is 11.6. The molecule has 4 nitrogen and oxygen atoms in total. The average Bonchev–Trinajstić information content (AvgIpc) is 2.76. The van der Waals surface area contributed by atoms with E-state index in [9.17, 15) is 4.79 Å². The van der Waals surface area contributed by atoms with E-state index in [0.29, 0.717) is 16.0 Å². The molecule has 1 amide bonds. The zero-order chi connectivity index (χ0) is 12.1. The van der Waals surface area contributed by atoms with Gasteiger partial charge in [0.1, 0.15) is 5.76 Å². The molecule has 1 N–H and O–H groups in total. The second-order valence-corrected chi connectivity index (χ2v) is 3.99. The van der Waals surface area contributed by atoms with Crippen molar-refractivity contribution in [3.63, 3.8) is 0 Å². The molecule has 0 bridgehead atoms. The Hall–Kier alpha value is -1.88. The fourth-order valence-electron chi connectivity index (χ4n) is 1.21. The molecule has 0 unspecified atom stereocenters. The molecule has 0 fully saturated rings. The third-order valence-corrected chi connectivity index (χ3v) is 2.41. The van der Waals surface area contributed by atoms with E-state index >= 15 is 0 Å². The van der Waals surface area contributed by atoms with Gasteiger partial charge in [-0.15, -0.1) is 0 Å². The van der Waals surface area contributed by atoms with Crippen molar-refractivity contribution in [3.8, 4) is 0 Å². The predicted molar refractivity (Wildman–Crippen MR) is 67.9 cm³/mol. The van der Waals surface area contributed by atoms with E-state index in [0.717, 1.165) is 0 Å². The monoisotopic (exact) mass is 292 g/mol. The van der Waals surface area contributed by atoms with Gasteiger partial charge >= 0.3 is 0 Å². The second-order valence-electron chi connectivity index (χ2n) is 3.21. The molecule has 0 spiro atoms. The number of halogens is 1. The highest BCUT2D eigenvalue weighted by molar-refractivity contribution is 9.10. The van der Waals surface area contributed by atoms with Gasteiger partial charge in [-0.2, -0.15) is 5.10 Å². The fraction of sp³-hybridized carbons (Fsp3) is 0. The van der Waals surface area contributed by atoms with E-state index < -0.39 is 0 Å². The van der Waals surface area contributed by atoms with Crippen molar-refractivity contribution in [2.45, 2.75) is 0 Å². The molecule has 0 saturated carbocycles. The molecule has 2 rings (SSSR count). The van der Waals surface area contributed by atoms with Crippen molar-refractivity contribution < 1.29 is 9.21 Å². The third kappa shape index (κ3) is 3.29. The number of furan rings is 1. The van der Waals surface area contributed by atoms with E-state index in [1.54, 1.807) is 36.4 Å². The Morgan fingerprint density at radius 1 is 1.24 bits per heavy atom. The van der Waals surface area contributed by atoms with Crippen LogP contribution in [0.25, 0.3) is 0 Å². The van der Waals surface area contributed by atoms with E-state index in [2.05, 4.69) is 26.5 Å². The van der Waals surface area contributed by atoms with Gasteiger partial charge in [-0.3, -0.25) is 4.79 Å². The molecule has 86 valence electrons. The Bertz CT molecular complexity index is 534. The number of amides is 1.